The molecule has 2 aromatic heterocycles. The van der Waals surface area contributed by atoms with E-state index in [0.29, 0.717) is 42.2 Å². The largest absolute Gasteiger partial charge is 0.393 e. The summed E-state index contributed by atoms with van der Waals surface area (Å²) in [6.07, 6.45) is 1.51. The molecule has 3 heterocycles. The van der Waals surface area contributed by atoms with Gasteiger partial charge in [0.05, 0.1) is 34.2 Å². The molecule has 3 aromatic rings. The van der Waals surface area contributed by atoms with Crippen molar-refractivity contribution in [1.29, 1.82) is 0 Å². The molecule has 29 heavy (non-hydrogen) atoms. The third-order valence-electron chi connectivity index (χ3n) is 4.79. The Hall–Kier alpha value is -2.23. The van der Waals surface area contributed by atoms with E-state index in [9.17, 15) is 13.9 Å². The van der Waals surface area contributed by atoms with Gasteiger partial charge < -0.3 is 15.3 Å². The smallest absolute Gasteiger partial charge is 0.257 e. The predicted molar refractivity (Wildman–Crippen MR) is 109 cm³/mol. The summed E-state index contributed by atoms with van der Waals surface area (Å²) in [5.74, 6) is 0.262. The van der Waals surface area contributed by atoms with Crippen LogP contribution in [0.4, 0.5) is 26.1 Å². The van der Waals surface area contributed by atoms with E-state index in [1.54, 1.807) is 12.3 Å². The van der Waals surface area contributed by atoms with Crippen molar-refractivity contribution in [2.24, 2.45) is 0 Å². The van der Waals surface area contributed by atoms with Crippen LogP contribution in [0.2, 0.25) is 10.2 Å². The zero-order chi connectivity index (χ0) is 20.5. The average molecular weight is 443 g/mol. The van der Waals surface area contributed by atoms with E-state index in [0.717, 1.165) is 15.8 Å². The molecule has 0 radical (unpaired) electrons. The SMILES string of the molecule is OC1CCN(c2cc3nc(Nc4cnn(CC(F)F)c4Cl)ncc3cc2Cl)CC1. The highest BCUT2D eigenvalue weighted by Gasteiger charge is 2.20. The van der Waals surface area contributed by atoms with E-state index < -0.39 is 13.0 Å². The van der Waals surface area contributed by atoms with Crippen LogP contribution < -0.4 is 10.2 Å². The molecule has 0 aliphatic carbocycles. The molecular formula is C18H18Cl2F2N6O. The first-order valence-corrected chi connectivity index (χ1v) is 9.82. The Balaban J connectivity index is 1.60. The summed E-state index contributed by atoms with van der Waals surface area (Å²) in [6.45, 7) is 0.828. The number of halogens is 4. The molecule has 0 bridgehead atoms. The fourth-order valence-electron chi connectivity index (χ4n) is 3.28. The zero-order valence-corrected chi connectivity index (χ0v) is 16.7. The molecule has 0 spiro atoms. The monoisotopic (exact) mass is 442 g/mol. The maximum Gasteiger partial charge on any atom is 0.257 e. The van der Waals surface area contributed by atoms with Crippen LogP contribution in [-0.2, 0) is 6.54 Å². The highest BCUT2D eigenvalue weighted by molar-refractivity contribution is 6.34. The maximum absolute atomic E-state index is 12.6. The van der Waals surface area contributed by atoms with Gasteiger partial charge in [-0.15, -0.1) is 0 Å². The van der Waals surface area contributed by atoms with Crippen LogP contribution in [0.1, 0.15) is 12.8 Å². The van der Waals surface area contributed by atoms with Gasteiger partial charge >= 0.3 is 0 Å². The van der Waals surface area contributed by atoms with Gasteiger partial charge in [0.15, 0.2) is 5.15 Å². The van der Waals surface area contributed by atoms with Crippen LogP contribution in [0.3, 0.4) is 0 Å². The van der Waals surface area contributed by atoms with Crippen molar-refractivity contribution in [2.75, 3.05) is 23.3 Å². The van der Waals surface area contributed by atoms with E-state index in [1.807, 2.05) is 6.07 Å². The molecule has 0 unspecified atom stereocenters. The molecule has 0 amide bonds. The van der Waals surface area contributed by atoms with Gasteiger partial charge in [0.2, 0.25) is 5.95 Å². The minimum absolute atomic E-state index is 0.0534. The van der Waals surface area contributed by atoms with Crippen LogP contribution in [0.5, 0.6) is 0 Å². The number of fused-ring (bicyclic) bond motifs is 1. The first-order chi connectivity index (χ1) is 13.9. The fraction of sp³-hybridized carbons (Fsp3) is 0.389. The molecular weight excluding hydrogens is 425 g/mol. The van der Waals surface area contributed by atoms with E-state index in [2.05, 4.69) is 25.3 Å². The highest BCUT2D eigenvalue weighted by Crippen LogP contribution is 2.33. The number of benzene rings is 1. The molecule has 1 fully saturated rings. The molecule has 0 atom stereocenters. The molecule has 7 nitrogen and oxygen atoms in total. The van der Waals surface area contributed by atoms with Crippen molar-refractivity contribution in [3.05, 3.63) is 34.7 Å². The Kier molecular flexibility index (Phi) is 5.71. The number of hydrogen-bond donors (Lipinski definition) is 2. The van der Waals surface area contributed by atoms with E-state index in [4.69, 9.17) is 23.2 Å². The van der Waals surface area contributed by atoms with E-state index in [1.165, 1.54) is 6.20 Å². The summed E-state index contributed by atoms with van der Waals surface area (Å²) in [4.78, 5) is 10.8. The van der Waals surface area contributed by atoms with Crippen molar-refractivity contribution in [3.63, 3.8) is 0 Å². The molecule has 1 saturated heterocycles. The van der Waals surface area contributed by atoms with Gasteiger partial charge in [0.25, 0.3) is 6.43 Å². The molecule has 1 aliphatic heterocycles. The Labute approximate surface area is 175 Å². The second-order valence-corrected chi connectivity index (χ2v) is 7.59. The third-order valence-corrected chi connectivity index (χ3v) is 5.49. The second-order valence-electron chi connectivity index (χ2n) is 6.82. The lowest BCUT2D eigenvalue weighted by molar-refractivity contribution is 0.122. The number of aliphatic hydroxyl groups excluding tert-OH is 1. The van der Waals surface area contributed by atoms with Crippen molar-refractivity contribution in [2.45, 2.75) is 31.9 Å². The van der Waals surface area contributed by atoms with Crippen molar-refractivity contribution in [1.82, 2.24) is 19.7 Å². The number of hydrogen-bond acceptors (Lipinski definition) is 6. The van der Waals surface area contributed by atoms with E-state index in [-0.39, 0.29) is 17.2 Å². The quantitative estimate of drug-likeness (QED) is 0.618. The number of aromatic nitrogens is 4. The number of anilines is 3. The Bertz CT molecular complexity index is 1020. The number of rotatable bonds is 5. The topological polar surface area (TPSA) is 79.1 Å². The Morgan fingerprint density at radius 1 is 1.21 bits per heavy atom. The molecule has 1 aromatic carbocycles. The summed E-state index contributed by atoms with van der Waals surface area (Å²) in [7, 11) is 0. The number of piperidine rings is 1. The zero-order valence-electron chi connectivity index (χ0n) is 15.2. The molecule has 0 saturated carbocycles. The summed E-state index contributed by atoms with van der Waals surface area (Å²) in [5, 5.41) is 17.9. The number of nitrogens with one attached hydrogen (secondary N) is 1. The van der Waals surface area contributed by atoms with Gasteiger partial charge in [-0.2, -0.15) is 5.10 Å². The van der Waals surface area contributed by atoms with Crippen molar-refractivity contribution >= 4 is 51.4 Å². The van der Waals surface area contributed by atoms with Gasteiger partial charge in [-0.25, -0.2) is 23.4 Å². The second kappa shape index (κ2) is 8.25. The number of nitrogens with zero attached hydrogens (tertiary/aromatic N) is 5. The molecule has 154 valence electrons. The maximum atomic E-state index is 12.6. The lowest BCUT2D eigenvalue weighted by Gasteiger charge is -2.32. The summed E-state index contributed by atoms with van der Waals surface area (Å²) in [5.41, 5.74) is 1.86. The van der Waals surface area contributed by atoms with Gasteiger partial charge in [0, 0.05) is 24.7 Å². The van der Waals surface area contributed by atoms with Crippen molar-refractivity contribution < 1.29 is 13.9 Å². The summed E-state index contributed by atoms with van der Waals surface area (Å²) >= 11 is 12.5. The van der Waals surface area contributed by atoms with Crippen LogP contribution >= 0.6 is 23.2 Å². The van der Waals surface area contributed by atoms with Gasteiger partial charge in [0.1, 0.15) is 6.54 Å². The number of aliphatic hydroxyl groups is 1. The third kappa shape index (κ3) is 4.36. The lowest BCUT2D eigenvalue weighted by Crippen LogP contribution is -2.35. The Morgan fingerprint density at radius 3 is 2.69 bits per heavy atom. The molecule has 4 rings (SSSR count). The van der Waals surface area contributed by atoms with Crippen LogP contribution in [0.25, 0.3) is 10.9 Å². The predicted octanol–water partition coefficient (Wildman–Crippen LogP) is 4.10. The van der Waals surface area contributed by atoms with Crippen LogP contribution in [0.15, 0.2) is 24.5 Å². The van der Waals surface area contributed by atoms with Gasteiger partial charge in [-0.1, -0.05) is 23.2 Å². The first-order valence-electron chi connectivity index (χ1n) is 9.06. The van der Waals surface area contributed by atoms with Gasteiger partial charge in [-0.3, -0.25) is 0 Å². The van der Waals surface area contributed by atoms with Crippen molar-refractivity contribution in [3.8, 4) is 0 Å². The molecule has 1 aliphatic rings. The summed E-state index contributed by atoms with van der Waals surface area (Å²) in [6, 6.07) is 3.68. The minimum atomic E-state index is -2.56. The molecule has 2 N–H and O–H groups in total. The Morgan fingerprint density at radius 2 is 1.97 bits per heavy atom. The minimum Gasteiger partial charge on any atom is -0.393 e. The number of alkyl halides is 2. The highest BCUT2D eigenvalue weighted by atomic mass is 35.5. The van der Waals surface area contributed by atoms with Crippen LogP contribution in [-0.4, -0.2) is 50.5 Å². The first kappa shape index (κ1) is 20.1. The standard InChI is InChI=1S/C18H18Cl2F2N6O/c19-12-5-10-7-23-18(26-14-8-24-28(17(14)20)9-16(21)22)25-13(10)6-15(12)27-3-1-11(29)2-4-27/h5-8,11,16,29H,1-4,9H2,(H,23,25,26). The van der Waals surface area contributed by atoms with Crippen LogP contribution in [0, 0.1) is 0 Å². The average Bonchev–Trinajstić information content (AvgIpc) is 3.01. The lowest BCUT2D eigenvalue weighted by atomic mass is 10.1. The van der Waals surface area contributed by atoms with E-state index >= 15 is 0 Å². The summed E-state index contributed by atoms with van der Waals surface area (Å²) < 4.78 is 26.1. The van der Waals surface area contributed by atoms with Gasteiger partial charge in [-0.05, 0) is 25.0 Å². The fourth-order valence-corrected chi connectivity index (χ4v) is 3.78. The molecule has 11 heteroatoms. The normalized spacial score (nSPS) is 15.4.